The largest absolute Gasteiger partial charge is 0.378 e. The predicted molar refractivity (Wildman–Crippen MR) is 140 cm³/mol. The second-order valence-electron chi connectivity index (χ2n) is 8.41. The molecule has 0 radical (unpaired) electrons. The van der Waals surface area contributed by atoms with Crippen LogP contribution in [-0.2, 0) is 17.9 Å². The fourth-order valence-corrected chi connectivity index (χ4v) is 4.40. The van der Waals surface area contributed by atoms with Gasteiger partial charge in [-0.2, -0.15) is 0 Å². The van der Waals surface area contributed by atoms with Gasteiger partial charge in [-0.1, -0.05) is 65.9 Å². The second-order valence-corrected chi connectivity index (χ2v) is 9.36. The van der Waals surface area contributed by atoms with Gasteiger partial charge in [0, 0.05) is 26.3 Å². The van der Waals surface area contributed by atoms with E-state index in [2.05, 4.69) is 5.32 Å². The number of fused-ring (bicyclic) bond motifs is 1. The fourth-order valence-electron chi connectivity index (χ4n) is 3.57. The molecule has 1 N–H and O–H groups in total. The Labute approximate surface area is 203 Å². The van der Waals surface area contributed by atoms with E-state index in [4.69, 9.17) is 4.98 Å². The molecule has 1 amide bonds. The van der Waals surface area contributed by atoms with Crippen molar-refractivity contribution in [3.63, 3.8) is 0 Å². The normalized spacial score (nSPS) is 10.9. The van der Waals surface area contributed by atoms with Gasteiger partial charge in [-0.25, -0.2) is 4.98 Å². The Balaban J connectivity index is 1.49. The highest BCUT2D eigenvalue weighted by molar-refractivity contribution is 7.99. The lowest BCUT2D eigenvalue weighted by atomic mass is 10.1. The summed E-state index contributed by atoms with van der Waals surface area (Å²) in [6.45, 7) is 2.89. The Hall–Kier alpha value is -3.58. The lowest BCUT2D eigenvalue weighted by Crippen LogP contribution is -2.27. The zero-order valence-corrected chi connectivity index (χ0v) is 20.4. The van der Waals surface area contributed by atoms with Gasteiger partial charge in [0.1, 0.15) is 0 Å². The lowest BCUT2D eigenvalue weighted by Gasteiger charge is -2.14. The quantitative estimate of drug-likeness (QED) is 0.307. The number of amides is 1. The van der Waals surface area contributed by atoms with Crippen LogP contribution in [0.4, 0.5) is 5.69 Å². The monoisotopic (exact) mass is 472 g/mol. The molecule has 0 bridgehead atoms. The first-order valence-corrected chi connectivity index (χ1v) is 12.1. The van der Waals surface area contributed by atoms with Crippen molar-refractivity contribution in [2.24, 2.45) is 0 Å². The Morgan fingerprint density at radius 2 is 1.65 bits per heavy atom. The molecule has 34 heavy (non-hydrogen) atoms. The summed E-state index contributed by atoms with van der Waals surface area (Å²) in [5.41, 5.74) is 4.85. The molecule has 0 saturated heterocycles. The number of carbonyl (C=O) groups excluding carboxylic acids is 1. The summed E-state index contributed by atoms with van der Waals surface area (Å²) in [6.07, 6.45) is 0. The molecular formula is C27H28N4O2S. The number of benzene rings is 3. The molecule has 0 aliphatic carbocycles. The second kappa shape index (κ2) is 10.6. The molecule has 1 heterocycles. The first-order chi connectivity index (χ1) is 16.4. The van der Waals surface area contributed by atoms with Crippen LogP contribution in [0.15, 0.2) is 82.7 Å². The van der Waals surface area contributed by atoms with E-state index in [1.165, 1.54) is 11.8 Å². The SMILES string of the molecule is Cc1ccc(Cn2c(SCC(=O)NCc3ccc(N(C)C)cc3)nc3ccccc3c2=O)cc1. The number of para-hydroxylation sites is 1. The van der Waals surface area contributed by atoms with Crippen molar-refractivity contribution < 1.29 is 4.79 Å². The number of hydrogen-bond acceptors (Lipinski definition) is 5. The van der Waals surface area contributed by atoms with Crippen LogP contribution in [0, 0.1) is 6.92 Å². The number of aromatic nitrogens is 2. The van der Waals surface area contributed by atoms with Gasteiger partial charge < -0.3 is 10.2 Å². The number of carbonyl (C=O) groups is 1. The van der Waals surface area contributed by atoms with E-state index in [-0.39, 0.29) is 17.2 Å². The van der Waals surface area contributed by atoms with Crippen LogP contribution in [0.3, 0.4) is 0 Å². The standard InChI is InChI=1S/C27H28N4O2S/c1-19-8-10-21(11-9-19)17-31-26(33)23-6-4-5-7-24(23)29-27(31)34-18-25(32)28-16-20-12-14-22(15-13-20)30(2)3/h4-15H,16-18H2,1-3H3,(H,28,32). The highest BCUT2D eigenvalue weighted by Crippen LogP contribution is 2.19. The summed E-state index contributed by atoms with van der Waals surface area (Å²) in [5.74, 6) is 0.0695. The van der Waals surface area contributed by atoms with Crippen LogP contribution < -0.4 is 15.8 Å². The zero-order chi connectivity index (χ0) is 24.1. The first kappa shape index (κ1) is 23.6. The van der Waals surface area contributed by atoms with Crippen LogP contribution in [0.5, 0.6) is 0 Å². The van der Waals surface area contributed by atoms with Gasteiger partial charge in [0.2, 0.25) is 5.91 Å². The number of hydrogen-bond donors (Lipinski definition) is 1. The van der Waals surface area contributed by atoms with Crippen LogP contribution in [-0.4, -0.2) is 35.3 Å². The molecule has 4 aromatic rings. The molecule has 174 valence electrons. The van der Waals surface area contributed by atoms with Crippen molar-refractivity contribution in [3.05, 3.63) is 99.8 Å². The van der Waals surface area contributed by atoms with E-state index in [1.807, 2.05) is 92.6 Å². The maximum Gasteiger partial charge on any atom is 0.262 e. The Morgan fingerprint density at radius 1 is 0.971 bits per heavy atom. The van der Waals surface area contributed by atoms with E-state index in [1.54, 1.807) is 10.6 Å². The van der Waals surface area contributed by atoms with E-state index in [0.717, 1.165) is 22.4 Å². The smallest absolute Gasteiger partial charge is 0.262 e. The Morgan fingerprint density at radius 3 is 2.35 bits per heavy atom. The summed E-state index contributed by atoms with van der Waals surface area (Å²) in [4.78, 5) is 32.6. The number of aryl methyl sites for hydroxylation is 1. The molecular weight excluding hydrogens is 444 g/mol. The fraction of sp³-hybridized carbons (Fsp3) is 0.222. The average Bonchev–Trinajstić information content (AvgIpc) is 2.85. The minimum absolute atomic E-state index is 0.102. The van der Waals surface area contributed by atoms with Crippen molar-refractivity contribution in [1.29, 1.82) is 0 Å². The molecule has 4 rings (SSSR count). The van der Waals surface area contributed by atoms with Gasteiger partial charge in [0.15, 0.2) is 5.16 Å². The maximum atomic E-state index is 13.3. The molecule has 3 aromatic carbocycles. The number of anilines is 1. The third kappa shape index (κ3) is 5.66. The summed E-state index contributed by atoms with van der Waals surface area (Å²) in [6, 6.07) is 23.5. The van der Waals surface area contributed by atoms with Gasteiger partial charge in [-0.3, -0.25) is 14.2 Å². The minimum Gasteiger partial charge on any atom is -0.378 e. The molecule has 0 aliphatic heterocycles. The summed E-state index contributed by atoms with van der Waals surface area (Å²) in [7, 11) is 3.99. The minimum atomic E-state index is -0.106. The van der Waals surface area contributed by atoms with E-state index in [0.29, 0.717) is 29.1 Å². The number of thioether (sulfide) groups is 1. The van der Waals surface area contributed by atoms with Crippen LogP contribution in [0.1, 0.15) is 16.7 Å². The number of nitrogens with one attached hydrogen (secondary N) is 1. The number of nitrogens with zero attached hydrogens (tertiary/aromatic N) is 3. The zero-order valence-electron chi connectivity index (χ0n) is 19.6. The van der Waals surface area contributed by atoms with E-state index >= 15 is 0 Å². The average molecular weight is 473 g/mol. The Kier molecular flexibility index (Phi) is 7.33. The van der Waals surface area contributed by atoms with Gasteiger partial charge >= 0.3 is 0 Å². The topological polar surface area (TPSA) is 67.2 Å². The van der Waals surface area contributed by atoms with Crippen molar-refractivity contribution >= 4 is 34.3 Å². The number of rotatable bonds is 8. The highest BCUT2D eigenvalue weighted by atomic mass is 32.2. The van der Waals surface area contributed by atoms with Gasteiger partial charge in [-0.05, 0) is 42.3 Å². The molecule has 0 atom stereocenters. The van der Waals surface area contributed by atoms with Crippen molar-refractivity contribution in [2.75, 3.05) is 24.7 Å². The summed E-state index contributed by atoms with van der Waals surface area (Å²) in [5, 5.41) is 4.07. The van der Waals surface area contributed by atoms with Gasteiger partial charge in [-0.15, -0.1) is 0 Å². The molecule has 0 spiro atoms. The van der Waals surface area contributed by atoms with Gasteiger partial charge in [0.05, 0.1) is 23.2 Å². The molecule has 1 aromatic heterocycles. The highest BCUT2D eigenvalue weighted by Gasteiger charge is 2.14. The van der Waals surface area contributed by atoms with Crippen LogP contribution in [0.2, 0.25) is 0 Å². The molecule has 0 saturated carbocycles. The van der Waals surface area contributed by atoms with E-state index < -0.39 is 0 Å². The molecule has 7 heteroatoms. The van der Waals surface area contributed by atoms with Crippen molar-refractivity contribution in [3.8, 4) is 0 Å². The third-order valence-corrected chi connectivity index (χ3v) is 6.54. The van der Waals surface area contributed by atoms with Gasteiger partial charge in [0.25, 0.3) is 5.56 Å². The first-order valence-electron chi connectivity index (χ1n) is 11.1. The maximum absolute atomic E-state index is 13.3. The third-order valence-electron chi connectivity index (χ3n) is 5.56. The summed E-state index contributed by atoms with van der Waals surface area (Å²) >= 11 is 1.28. The van der Waals surface area contributed by atoms with Crippen molar-refractivity contribution in [2.45, 2.75) is 25.2 Å². The lowest BCUT2D eigenvalue weighted by molar-refractivity contribution is -0.118. The predicted octanol–water partition coefficient (Wildman–Crippen LogP) is 4.23. The summed E-state index contributed by atoms with van der Waals surface area (Å²) < 4.78 is 1.66. The molecule has 0 unspecified atom stereocenters. The van der Waals surface area contributed by atoms with E-state index in [9.17, 15) is 9.59 Å². The Bertz CT molecular complexity index is 1350. The molecule has 6 nitrogen and oxygen atoms in total. The van der Waals surface area contributed by atoms with Crippen LogP contribution in [0.25, 0.3) is 10.9 Å². The molecule has 0 aliphatic rings. The molecule has 0 fully saturated rings. The van der Waals surface area contributed by atoms with Crippen LogP contribution >= 0.6 is 11.8 Å². The van der Waals surface area contributed by atoms with Crippen molar-refractivity contribution in [1.82, 2.24) is 14.9 Å².